The van der Waals surface area contributed by atoms with E-state index in [-0.39, 0.29) is 30.9 Å². The SMILES string of the molecule is CCl.Cc1ccc2nc(C)c(C(=O)CCc3ccc(S(F)(F)(F)(F)F)cc3)n2c1.Cc1ccc2nc(C)c(C(=O)O)n2c1.NCc1ccc(S(F)(F)(F)(F)F)cc1. The highest BCUT2D eigenvalue weighted by molar-refractivity contribution is 8.46. The lowest BCUT2D eigenvalue weighted by molar-refractivity contribution is 0.0688. The molecule has 0 saturated carbocycles. The predicted octanol–water partition coefficient (Wildman–Crippen LogP) is 12.7. The molecule has 8 nitrogen and oxygen atoms in total. The molecule has 6 aromatic rings. The number of imidazole rings is 2. The zero-order chi connectivity index (χ0) is 43.5. The van der Waals surface area contributed by atoms with Crippen LogP contribution >= 0.6 is 32.0 Å². The quantitative estimate of drug-likeness (QED) is 0.0894. The molecule has 0 aliphatic carbocycles. The molecule has 0 aliphatic heterocycles. The number of aromatic nitrogens is 4. The van der Waals surface area contributed by atoms with Gasteiger partial charge in [-0.15, -0.1) is 11.6 Å². The van der Waals surface area contributed by atoms with Crippen molar-refractivity contribution in [2.24, 2.45) is 5.73 Å². The molecule has 0 unspecified atom stereocenters. The van der Waals surface area contributed by atoms with Crippen LogP contribution in [-0.2, 0) is 13.0 Å². The van der Waals surface area contributed by atoms with Crippen LogP contribution in [0.1, 0.15) is 61.0 Å². The Labute approximate surface area is 325 Å². The number of rotatable bonds is 8. The fourth-order valence-corrected chi connectivity index (χ4v) is 6.60. The summed E-state index contributed by atoms with van der Waals surface area (Å²) in [4.78, 5) is 28.2. The number of hydrogen-bond acceptors (Lipinski definition) is 5. The number of aromatic carboxylic acids is 1. The van der Waals surface area contributed by atoms with E-state index in [1.165, 1.54) is 6.38 Å². The summed E-state index contributed by atoms with van der Waals surface area (Å²) in [6.45, 7) is 7.22. The van der Waals surface area contributed by atoms with Gasteiger partial charge in [0.1, 0.15) is 26.8 Å². The van der Waals surface area contributed by atoms with Crippen molar-refractivity contribution in [2.75, 3.05) is 6.38 Å². The van der Waals surface area contributed by atoms with E-state index in [1.54, 1.807) is 41.1 Å². The Hall–Kier alpha value is -4.79. The van der Waals surface area contributed by atoms with E-state index in [1.807, 2.05) is 32.0 Å². The number of benzene rings is 2. The Bertz CT molecular complexity index is 2430. The normalized spacial score (nSPS) is 14.0. The molecule has 57 heavy (non-hydrogen) atoms. The molecule has 0 atom stereocenters. The Kier molecular flexibility index (Phi) is 12.4. The highest BCUT2D eigenvalue weighted by Crippen LogP contribution is 3.02. The number of ketones is 1. The van der Waals surface area contributed by atoms with Crippen LogP contribution in [0.3, 0.4) is 0 Å². The molecular formula is C36H38ClF10N5O3S2. The molecule has 0 spiro atoms. The second kappa shape index (κ2) is 15.2. The maximum atomic E-state index is 12.7. The predicted molar refractivity (Wildman–Crippen MR) is 204 cm³/mol. The molecule has 21 heteroatoms. The first-order chi connectivity index (χ1) is 25.9. The maximum absolute atomic E-state index is 12.7. The molecule has 314 valence electrons. The van der Waals surface area contributed by atoms with Crippen LogP contribution < -0.4 is 5.73 Å². The zero-order valence-corrected chi connectivity index (χ0v) is 33.2. The van der Waals surface area contributed by atoms with Crippen LogP contribution in [0.4, 0.5) is 38.9 Å². The zero-order valence-electron chi connectivity index (χ0n) is 30.8. The fourth-order valence-electron chi connectivity index (χ4n) is 5.30. The van der Waals surface area contributed by atoms with Crippen molar-refractivity contribution in [3.63, 3.8) is 0 Å². The van der Waals surface area contributed by atoms with Gasteiger partial charge in [0.05, 0.1) is 11.4 Å². The Morgan fingerprint density at radius 2 is 0.982 bits per heavy atom. The van der Waals surface area contributed by atoms with Crippen LogP contribution in [-0.4, -0.2) is 42.0 Å². The molecule has 0 radical (unpaired) electrons. The lowest BCUT2D eigenvalue weighted by Crippen LogP contribution is -2.08. The minimum Gasteiger partial charge on any atom is -0.477 e. The van der Waals surface area contributed by atoms with Crippen molar-refractivity contribution in [2.45, 2.75) is 56.9 Å². The van der Waals surface area contributed by atoms with Crippen LogP contribution in [0.15, 0.2) is 95.0 Å². The average molecular weight is 878 g/mol. The number of carboxylic acids is 1. The lowest BCUT2D eigenvalue weighted by Gasteiger charge is -2.40. The highest BCUT2D eigenvalue weighted by Gasteiger charge is 2.66. The lowest BCUT2D eigenvalue weighted by atomic mass is 10.1. The van der Waals surface area contributed by atoms with E-state index in [2.05, 4.69) is 21.6 Å². The summed E-state index contributed by atoms with van der Waals surface area (Å²) in [5.41, 5.74) is 10.9. The van der Waals surface area contributed by atoms with Crippen molar-refractivity contribution >= 4 is 55.1 Å². The first-order valence-corrected chi connectivity index (χ1v) is 20.9. The number of alkyl halides is 1. The number of carbonyl (C=O) groups is 2. The molecule has 0 saturated heterocycles. The van der Waals surface area contributed by atoms with Crippen LogP contribution in [0.5, 0.6) is 0 Å². The first kappa shape index (κ1) is 46.6. The number of carbonyl (C=O) groups excluding carboxylic acids is 1. The van der Waals surface area contributed by atoms with E-state index in [4.69, 9.17) is 10.8 Å². The number of nitrogens with zero attached hydrogens (tertiary/aromatic N) is 4. The minimum absolute atomic E-state index is 0.0145. The number of pyridine rings is 2. The molecule has 4 heterocycles. The molecule has 6 rings (SSSR count). The van der Waals surface area contributed by atoms with Gasteiger partial charge in [-0.25, -0.2) is 14.8 Å². The molecule has 0 aliphatic rings. The number of carboxylic acid groups (broad SMARTS) is 1. The van der Waals surface area contributed by atoms with Crippen LogP contribution in [0.2, 0.25) is 0 Å². The van der Waals surface area contributed by atoms with Crippen LogP contribution in [0.25, 0.3) is 11.3 Å². The topological polar surface area (TPSA) is 115 Å². The number of fused-ring (bicyclic) bond motifs is 2. The van der Waals surface area contributed by atoms with Crippen molar-refractivity contribution < 1.29 is 53.6 Å². The highest BCUT2D eigenvalue weighted by atomic mass is 35.5. The minimum atomic E-state index is -9.67. The number of nitrogens with two attached hydrogens (primary N) is 1. The summed E-state index contributed by atoms with van der Waals surface area (Å²) in [7, 11) is -19.2. The summed E-state index contributed by atoms with van der Waals surface area (Å²) < 4.78 is 128. The Morgan fingerprint density at radius 3 is 1.35 bits per heavy atom. The van der Waals surface area contributed by atoms with Gasteiger partial charge < -0.3 is 10.8 Å². The van der Waals surface area contributed by atoms with Crippen molar-refractivity contribution in [1.29, 1.82) is 0 Å². The maximum Gasteiger partial charge on any atom is 0.354 e. The number of hydrogen-bond donors (Lipinski definition) is 2. The van der Waals surface area contributed by atoms with Gasteiger partial charge in [0, 0.05) is 31.7 Å². The summed E-state index contributed by atoms with van der Waals surface area (Å²) in [6, 6.07) is 12.6. The van der Waals surface area contributed by atoms with Gasteiger partial charge in [-0.2, -0.15) is 0 Å². The smallest absolute Gasteiger partial charge is 0.354 e. The van der Waals surface area contributed by atoms with E-state index >= 15 is 0 Å². The fraction of sp³-hybridized carbons (Fsp3) is 0.222. The molecule has 0 fully saturated rings. The second-order valence-corrected chi connectivity index (χ2v) is 17.4. The molecule has 0 amide bonds. The third-order valence-corrected chi connectivity index (χ3v) is 10.3. The van der Waals surface area contributed by atoms with E-state index in [0.29, 0.717) is 63.8 Å². The Balaban J connectivity index is 0.000000245. The number of halogens is 11. The molecule has 3 N–H and O–H groups in total. The van der Waals surface area contributed by atoms with Gasteiger partial charge in [0.15, 0.2) is 11.5 Å². The summed E-state index contributed by atoms with van der Waals surface area (Å²) in [5, 5.41) is 8.98. The van der Waals surface area contributed by atoms with Crippen LogP contribution in [0, 0.1) is 27.7 Å². The van der Waals surface area contributed by atoms with Gasteiger partial charge in [-0.3, -0.25) is 13.6 Å². The number of aryl methyl sites for hydroxylation is 5. The summed E-state index contributed by atoms with van der Waals surface area (Å²) >= 11 is 4.64. The van der Waals surface area contributed by atoms with Crippen molar-refractivity contribution in [3.05, 3.63) is 130 Å². The third kappa shape index (κ3) is 12.3. The van der Waals surface area contributed by atoms with E-state index in [9.17, 15) is 48.4 Å². The van der Waals surface area contributed by atoms with Gasteiger partial charge >= 0.3 is 26.4 Å². The Morgan fingerprint density at radius 1 is 0.614 bits per heavy atom. The largest absolute Gasteiger partial charge is 0.477 e. The summed E-state index contributed by atoms with van der Waals surface area (Å²) in [6.07, 6.45) is 5.20. The number of Topliss-reactive ketones (excluding diaryl/α,β-unsaturated/α-hetero) is 1. The standard InChI is InChI=1S/C18H17F5N2OS.C10H10N2O2.C7H8F5NS.CH3Cl/c1-12-3-10-17-24-13(2)18(25(17)11-12)16(26)9-6-14-4-7-15(8-5-14)27(19,20,21,22)23;1-6-3-4-8-11-7(2)9(10(13)14)12(8)5-6;8-14(9,10,11,12)7-3-1-6(5-13)2-4-7;1-2/h3-5,7-8,10-11H,6,9H2,1-2H3;3-5H,1-2H3,(H,13,14);1-4H,5,13H2;1H3. The molecule has 4 aromatic heterocycles. The molecule has 2 aromatic carbocycles. The molecular weight excluding hydrogens is 840 g/mol. The average Bonchev–Trinajstić information content (AvgIpc) is 3.61. The van der Waals surface area contributed by atoms with Gasteiger partial charge in [-0.1, -0.05) is 75.3 Å². The van der Waals surface area contributed by atoms with E-state index in [0.717, 1.165) is 35.4 Å². The van der Waals surface area contributed by atoms with Crippen molar-refractivity contribution in [1.82, 2.24) is 18.8 Å². The monoisotopic (exact) mass is 877 g/mol. The summed E-state index contributed by atoms with van der Waals surface area (Å²) in [5.74, 6) is -1.16. The molecule has 0 bridgehead atoms. The van der Waals surface area contributed by atoms with Gasteiger partial charge in [0.2, 0.25) is 0 Å². The van der Waals surface area contributed by atoms with E-state index < -0.39 is 36.2 Å². The second-order valence-electron chi connectivity index (χ2n) is 12.6. The first-order valence-electron chi connectivity index (χ1n) is 16.3. The van der Waals surface area contributed by atoms with Gasteiger partial charge in [0.25, 0.3) is 0 Å². The third-order valence-electron chi connectivity index (χ3n) is 7.96. The van der Waals surface area contributed by atoms with Crippen molar-refractivity contribution in [3.8, 4) is 0 Å². The van der Waals surface area contributed by atoms with Gasteiger partial charge in [-0.05, 0) is 92.8 Å².